The van der Waals surface area contributed by atoms with E-state index in [1.807, 2.05) is 13.0 Å². The molecular formula is C11H15N3O2S. The lowest BCUT2D eigenvalue weighted by atomic mass is 10.2. The fraction of sp³-hybridized carbons (Fsp3) is 0.455. The van der Waals surface area contributed by atoms with Gasteiger partial charge in [-0.1, -0.05) is 19.4 Å². The number of nitrogens with one attached hydrogen (secondary N) is 1. The van der Waals surface area contributed by atoms with Gasteiger partial charge in [0.15, 0.2) is 6.04 Å². The Kier molecular flexibility index (Phi) is 5.07. The molecule has 0 aromatic carbocycles. The van der Waals surface area contributed by atoms with Crippen molar-refractivity contribution in [2.75, 3.05) is 5.75 Å². The van der Waals surface area contributed by atoms with Gasteiger partial charge in [0.25, 0.3) is 0 Å². The van der Waals surface area contributed by atoms with Gasteiger partial charge in [0.1, 0.15) is 0 Å². The van der Waals surface area contributed by atoms with E-state index in [4.69, 9.17) is 5.26 Å². The Labute approximate surface area is 102 Å². The van der Waals surface area contributed by atoms with Gasteiger partial charge in [-0.05, 0) is 18.6 Å². The summed E-state index contributed by atoms with van der Waals surface area (Å²) in [5.74, 6) is 0.0362. The minimum atomic E-state index is -3.42. The Morgan fingerprint density at radius 3 is 2.82 bits per heavy atom. The van der Waals surface area contributed by atoms with Gasteiger partial charge in [-0.2, -0.15) is 9.98 Å². The van der Waals surface area contributed by atoms with Crippen LogP contribution in [0.1, 0.15) is 31.5 Å². The first-order valence-electron chi connectivity index (χ1n) is 5.39. The van der Waals surface area contributed by atoms with Gasteiger partial charge >= 0.3 is 0 Å². The lowest BCUT2D eigenvalue weighted by Crippen LogP contribution is -2.30. The largest absolute Gasteiger partial charge is 0.258 e. The molecular weight excluding hydrogens is 238 g/mol. The molecule has 1 atom stereocenters. The predicted molar refractivity (Wildman–Crippen MR) is 64.4 cm³/mol. The number of nitriles is 1. The Balaban J connectivity index is 2.75. The third-order valence-corrected chi connectivity index (χ3v) is 3.60. The standard InChI is InChI=1S/C11H15N3O2S/c1-2-3-8-17(15,16)14-11(9-12)10-6-4-5-7-13-10/h4-7,11,14H,2-3,8H2,1H3. The fourth-order valence-electron chi connectivity index (χ4n) is 1.27. The van der Waals surface area contributed by atoms with Crippen LogP contribution in [0.4, 0.5) is 0 Å². The summed E-state index contributed by atoms with van der Waals surface area (Å²) < 4.78 is 25.6. The Hall–Kier alpha value is -1.45. The molecule has 0 saturated heterocycles. The number of aromatic nitrogens is 1. The Bertz CT molecular complexity index is 479. The summed E-state index contributed by atoms with van der Waals surface area (Å²) in [7, 11) is -3.42. The lowest BCUT2D eigenvalue weighted by Gasteiger charge is -2.11. The van der Waals surface area contributed by atoms with Crippen LogP contribution < -0.4 is 4.72 Å². The summed E-state index contributed by atoms with van der Waals surface area (Å²) in [6, 6.07) is 6.03. The molecule has 0 spiro atoms. The number of unbranched alkanes of at least 4 members (excludes halogenated alkanes) is 1. The SMILES string of the molecule is CCCCS(=O)(=O)NC(C#N)c1ccccn1. The van der Waals surface area contributed by atoms with E-state index in [0.717, 1.165) is 6.42 Å². The van der Waals surface area contributed by atoms with E-state index in [1.54, 1.807) is 18.2 Å². The highest BCUT2D eigenvalue weighted by atomic mass is 32.2. The van der Waals surface area contributed by atoms with Crippen LogP contribution in [-0.2, 0) is 10.0 Å². The molecule has 0 bridgehead atoms. The van der Waals surface area contributed by atoms with Gasteiger partial charge in [0.05, 0.1) is 17.5 Å². The third kappa shape index (κ3) is 4.51. The van der Waals surface area contributed by atoms with Crippen molar-refractivity contribution < 1.29 is 8.42 Å². The average Bonchev–Trinajstić information content (AvgIpc) is 2.35. The van der Waals surface area contributed by atoms with E-state index in [1.165, 1.54) is 6.20 Å². The molecule has 1 aromatic rings. The van der Waals surface area contributed by atoms with E-state index in [-0.39, 0.29) is 5.75 Å². The van der Waals surface area contributed by atoms with Crippen LogP contribution >= 0.6 is 0 Å². The van der Waals surface area contributed by atoms with Gasteiger partial charge in [0.2, 0.25) is 10.0 Å². The van der Waals surface area contributed by atoms with E-state index in [2.05, 4.69) is 9.71 Å². The minimum absolute atomic E-state index is 0.0362. The summed E-state index contributed by atoms with van der Waals surface area (Å²) in [5.41, 5.74) is 0.412. The molecule has 1 aromatic heterocycles. The molecule has 1 unspecified atom stereocenters. The highest BCUT2D eigenvalue weighted by Gasteiger charge is 2.19. The third-order valence-electron chi connectivity index (χ3n) is 2.18. The number of nitrogens with zero attached hydrogens (tertiary/aromatic N) is 2. The summed E-state index contributed by atoms with van der Waals surface area (Å²) in [6.07, 6.45) is 2.90. The predicted octanol–water partition coefficient (Wildman–Crippen LogP) is 1.37. The fourth-order valence-corrected chi connectivity index (χ4v) is 2.59. The van der Waals surface area contributed by atoms with Crippen molar-refractivity contribution >= 4 is 10.0 Å². The van der Waals surface area contributed by atoms with Crippen molar-refractivity contribution in [1.82, 2.24) is 9.71 Å². The number of hydrogen-bond acceptors (Lipinski definition) is 4. The van der Waals surface area contributed by atoms with E-state index < -0.39 is 16.1 Å². The number of sulfonamides is 1. The first-order chi connectivity index (χ1) is 8.09. The van der Waals surface area contributed by atoms with Crippen molar-refractivity contribution in [1.29, 1.82) is 5.26 Å². The maximum Gasteiger partial charge on any atom is 0.213 e. The Morgan fingerprint density at radius 1 is 1.53 bits per heavy atom. The molecule has 92 valence electrons. The molecule has 0 aliphatic rings. The minimum Gasteiger partial charge on any atom is -0.258 e. The molecule has 1 rings (SSSR count). The summed E-state index contributed by atoms with van der Waals surface area (Å²) >= 11 is 0. The molecule has 0 radical (unpaired) electrons. The average molecular weight is 253 g/mol. The van der Waals surface area contributed by atoms with Crippen LogP contribution in [0.25, 0.3) is 0 Å². The van der Waals surface area contributed by atoms with Crippen LogP contribution in [0.3, 0.4) is 0 Å². The smallest absolute Gasteiger partial charge is 0.213 e. The monoisotopic (exact) mass is 253 g/mol. The van der Waals surface area contributed by atoms with Gasteiger partial charge in [0, 0.05) is 6.20 Å². The van der Waals surface area contributed by atoms with E-state index in [9.17, 15) is 8.42 Å². The molecule has 17 heavy (non-hydrogen) atoms. The van der Waals surface area contributed by atoms with Gasteiger partial charge in [-0.3, -0.25) is 4.98 Å². The second-order valence-corrected chi connectivity index (χ2v) is 5.48. The molecule has 0 fully saturated rings. The van der Waals surface area contributed by atoms with Crippen molar-refractivity contribution in [3.63, 3.8) is 0 Å². The first-order valence-corrected chi connectivity index (χ1v) is 7.05. The van der Waals surface area contributed by atoms with Gasteiger partial charge in [-0.15, -0.1) is 0 Å². The quantitative estimate of drug-likeness (QED) is 0.830. The van der Waals surface area contributed by atoms with E-state index in [0.29, 0.717) is 12.1 Å². The van der Waals surface area contributed by atoms with Crippen molar-refractivity contribution in [2.45, 2.75) is 25.8 Å². The molecule has 0 aliphatic carbocycles. The van der Waals surface area contributed by atoms with Crippen LogP contribution in [-0.4, -0.2) is 19.2 Å². The molecule has 5 nitrogen and oxygen atoms in total. The van der Waals surface area contributed by atoms with Crippen LogP contribution in [0.15, 0.2) is 24.4 Å². The summed E-state index contributed by atoms with van der Waals surface area (Å²) in [4.78, 5) is 3.96. The lowest BCUT2D eigenvalue weighted by molar-refractivity contribution is 0.570. The zero-order valence-corrected chi connectivity index (χ0v) is 10.4. The maximum absolute atomic E-state index is 11.6. The molecule has 0 saturated carbocycles. The summed E-state index contributed by atoms with van der Waals surface area (Å²) in [6.45, 7) is 1.91. The van der Waals surface area contributed by atoms with Crippen molar-refractivity contribution in [3.05, 3.63) is 30.1 Å². The maximum atomic E-state index is 11.6. The molecule has 6 heteroatoms. The molecule has 1 N–H and O–H groups in total. The molecule has 0 aliphatic heterocycles. The highest BCUT2D eigenvalue weighted by molar-refractivity contribution is 7.89. The molecule has 1 heterocycles. The van der Waals surface area contributed by atoms with Crippen LogP contribution in [0.5, 0.6) is 0 Å². The molecule has 0 amide bonds. The zero-order valence-electron chi connectivity index (χ0n) is 9.63. The van der Waals surface area contributed by atoms with Crippen molar-refractivity contribution in [2.24, 2.45) is 0 Å². The first kappa shape index (κ1) is 13.6. The second kappa shape index (κ2) is 6.33. The van der Waals surface area contributed by atoms with Crippen LogP contribution in [0, 0.1) is 11.3 Å². The van der Waals surface area contributed by atoms with Crippen molar-refractivity contribution in [3.8, 4) is 6.07 Å². The van der Waals surface area contributed by atoms with Gasteiger partial charge in [-0.25, -0.2) is 8.42 Å². The topological polar surface area (TPSA) is 82.9 Å². The second-order valence-electron chi connectivity index (χ2n) is 3.61. The summed E-state index contributed by atoms with van der Waals surface area (Å²) in [5, 5.41) is 8.95. The number of pyridine rings is 1. The Morgan fingerprint density at radius 2 is 2.29 bits per heavy atom. The highest BCUT2D eigenvalue weighted by Crippen LogP contribution is 2.10. The van der Waals surface area contributed by atoms with Gasteiger partial charge < -0.3 is 0 Å². The normalized spacial score (nSPS) is 12.9. The number of rotatable bonds is 6. The van der Waals surface area contributed by atoms with E-state index >= 15 is 0 Å². The number of hydrogen-bond donors (Lipinski definition) is 1. The van der Waals surface area contributed by atoms with Crippen LogP contribution in [0.2, 0.25) is 0 Å². The zero-order chi connectivity index (χ0) is 12.7.